The molecule has 0 aliphatic heterocycles. The smallest absolute Gasteiger partial charge is 0.173 e. The van der Waals surface area contributed by atoms with Crippen molar-refractivity contribution in [2.75, 3.05) is 0 Å². The number of halogens is 3. The first-order valence-electron chi connectivity index (χ1n) is 5.70. The molecule has 0 spiro atoms. The molecule has 1 unspecified atom stereocenters. The zero-order valence-corrected chi connectivity index (χ0v) is 11.8. The molecule has 0 saturated heterocycles. The van der Waals surface area contributed by atoms with Gasteiger partial charge in [0.15, 0.2) is 11.6 Å². The fraction of sp³-hybridized carbons (Fsp3) is 0.250. The van der Waals surface area contributed by atoms with Crippen molar-refractivity contribution in [1.82, 2.24) is 15.0 Å². The normalized spacial score (nSPS) is 12.7. The predicted molar refractivity (Wildman–Crippen MR) is 71.1 cm³/mol. The fourth-order valence-corrected chi connectivity index (χ4v) is 2.47. The van der Waals surface area contributed by atoms with Crippen LogP contribution < -0.4 is 11.3 Å². The van der Waals surface area contributed by atoms with Crippen LogP contribution in [-0.4, -0.2) is 9.55 Å². The number of hydrogen-bond donors (Lipinski definition) is 2. The summed E-state index contributed by atoms with van der Waals surface area (Å²) in [6.45, 7) is 2.66. The van der Waals surface area contributed by atoms with E-state index in [4.69, 9.17) is 5.84 Å². The van der Waals surface area contributed by atoms with Crippen LogP contribution in [0.3, 0.4) is 0 Å². The van der Waals surface area contributed by atoms with Gasteiger partial charge in [-0.3, -0.25) is 5.84 Å². The highest BCUT2D eigenvalue weighted by atomic mass is 79.9. The molecule has 0 fully saturated rings. The van der Waals surface area contributed by atoms with Crippen molar-refractivity contribution in [3.05, 3.63) is 52.0 Å². The molecule has 2 rings (SSSR count). The Kier molecular flexibility index (Phi) is 4.28. The largest absolute Gasteiger partial charge is 0.334 e. The number of aryl methyl sites for hydroxylation is 1. The van der Waals surface area contributed by atoms with Crippen LogP contribution in [0, 0.1) is 11.6 Å². The van der Waals surface area contributed by atoms with E-state index in [1.54, 1.807) is 12.4 Å². The Balaban J connectivity index is 2.52. The number of hydrazine groups is 1. The number of hydrogen-bond acceptors (Lipinski definition) is 3. The SMILES string of the molecule is CCn1ccnc1C(NN)c1ccc(F)c(F)c1Br. The van der Waals surface area contributed by atoms with Gasteiger partial charge in [0.2, 0.25) is 0 Å². The Labute approximate surface area is 117 Å². The van der Waals surface area contributed by atoms with Gasteiger partial charge in [-0.1, -0.05) is 6.07 Å². The second kappa shape index (κ2) is 5.77. The Hall–Kier alpha value is -1.31. The minimum absolute atomic E-state index is 0.0427. The second-order valence-electron chi connectivity index (χ2n) is 3.94. The monoisotopic (exact) mass is 330 g/mol. The number of nitrogens with one attached hydrogen (secondary N) is 1. The topological polar surface area (TPSA) is 55.9 Å². The molecule has 1 heterocycles. The molecule has 0 saturated carbocycles. The highest BCUT2D eigenvalue weighted by molar-refractivity contribution is 9.10. The third-order valence-electron chi connectivity index (χ3n) is 2.89. The van der Waals surface area contributed by atoms with E-state index in [1.165, 1.54) is 6.07 Å². The highest BCUT2D eigenvalue weighted by Crippen LogP contribution is 2.30. The Morgan fingerprint density at radius 3 is 2.84 bits per heavy atom. The molecule has 1 atom stereocenters. The number of nitrogens with zero attached hydrogens (tertiary/aromatic N) is 2. The van der Waals surface area contributed by atoms with Crippen LogP contribution in [0.4, 0.5) is 8.78 Å². The summed E-state index contributed by atoms with van der Waals surface area (Å²) in [4.78, 5) is 4.21. The molecular weight excluding hydrogens is 318 g/mol. The summed E-state index contributed by atoms with van der Waals surface area (Å²) in [6.07, 6.45) is 3.43. The minimum Gasteiger partial charge on any atom is -0.334 e. The van der Waals surface area contributed by atoms with Crippen molar-refractivity contribution in [3.63, 3.8) is 0 Å². The predicted octanol–water partition coefficient (Wildman–Crippen LogP) is 2.50. The van der Waals surface area contributed by atoms with E-state index >= 15 is 0 Å². The second-order valence-corrected chi connectivity index (χ2v) is 4.73. The van der Waals surface area contributed by atoms with Gasteiger partial charge in [-0.05, 0) is 34.5 Å². The van der Waals surface area contributed by atoms with Crippen LogP contribution in [0.2, 0.25) is 0 Å². The molecule has 4 nitrogen and oxygen atoms in total. The average molecular weight is 331 g/mol. The molecule has 7 heteroatoms. The Morgan fingerprint density at radius 1 is 1.47 bits per heavy atom. The van der Waals surface area contributed by atoms with Gasteiger partial charge >= 0.3 is 0 Å². The Bertz CT molecular complexity index is 585. The molecular formula is C12H13BrF2N4. The van der Waals surface area contributed by atoms with E-state index < -0.39 is 17.7 Å². The number of rotatable bonds is 4. The zero-order valence-electron chi connectivity index (χ0n) is 10.2. The maximum absolute atomic E-state index is 13.6. The number of nitrogens with two attached hydrogens (primary N) is 1. The van der Waals surface area contributed by atoms with Crippen LogP contribution in [0.5, 0.6) is 0 Å². The lowest BCUT2D eigenvalue weighted by Gasteiger charge is -2.19. The van der Waals surface area contributed by atoms with Crippen molar-refractivity contribution in [3.8, 4) is 0 Å². The van der Waals surface area contributed by atoms with E-state index in [9.17, 15) is 8.78 Å². The molecule has 0 aliphatic rings. The zero-order chi connectivity index (χ0) is 14.0. The van der Waals surface area contributed by atoms with Crippen molar-refractivity contribution in [2.45, 2.75) is 19.5 Å². The van der Waals surface area contributed by atoms with Crippen molar-refractivity contribution in [2.24, 2.45) is 5.84 Å². The van der Waals surface area contributed by atoms with Gasteiger partial charge in [-0.15, -0.1) is 0 Å². The molecule has 0 aliphatic carbocycles. The van der Waals surface area contributed by atoms with Gasteiger partial charge in [0.05, 0.1) is 4.47 Å². The molecule has 2 aromatic rings. The minimum atomic E-state index is -0.938. The third kappa shape index (κ3) is 2.54. The summed E-state index contributed by atoms with van der Waals surface area (Å²) in [5.74, 6) is 4.32. The number of imidazole rings is 1. The fourth-order valence-electron chi connectivity index (χ4n) is 1.92. The standard InChI is InChI=1S/C12H13BrF2N4/c1-2-19-6-5-17-12(19)11(18-16)7-3-4-8(14)10(15)9(7)13/h3-6,11,18H,2,16H2,1H3. The van der Waals surface area contributed by atoms with Gasteiger partial charge in [-0.2, -0.15) is 0 Å². The van der Waals surface area contributed by atoms with Gasteiger partial charge < -0.3 is 4.57 Å². The molecule has 3 N–H and O–H groups in total. The summed E-state index contributed by atoms with van der Waals surface area (Å²) in [5, 5.41) is 0. The highest BCUT2D eigenvalue weighted by Gasteiger charge is 2.22. The van der Waals surface area contributed by atoms with Crippen LogP contribution in [-0.2, 0) is 6.54 Å². The van der Waals surface area contributed by atoms with Crippen LogP contribution in [0.25, 0.3) is 0 Å². The lowest BCUT2D eigenvalue weighted by molar-refractivity contribution is 0.494. The van der Waals surface area contributed by atoms with Crippen LogP contribution >= 0.6 is 15.9 Å². The van der Waals surface area contributed by atoms with Crippen molar-refractivity contribution < 1.29 is 8.78 Å². The van der Waals surface area contributed by atoms with E-state index in [0.717, 1.165) is 6.07 Å². The van der Waals surface area contributed by atoms with Crippen LogP contribution in [0.15, 0.2) is 29.0 Å². The molecule has 0 amide bonds. The van der Waals surface area contributed by atoms with Crippen molar-refractivity contribution in [1.29, 1.82) is 0 Å². The molecule has 0 bridgehead atoms. The van der Waals surface area contributed by atoms with Crippen molar-refractivity contribution >= 4 is 15.9 Å². The van der Waals surface area contributed by atoms with E-state index in [1.807, 2.05) is 11.5 Å². The lowest BCUT2D eigenvalue weighted by Crippen LogP contribution is -2.31. The van der Waals surface area contributed by atoms with Gasteiger partial charge in [-0.25, -0.2) is 19.2 Å². The van der Waals surface area contributed by atoms with E-state index in [-0.39, 0.29) is 4.47 Å². The molecule has 1 aromatic heterocycles. The first-order chi connectivity index (χ1) is 9.10. The molecule has 1 aromatic carbocycles. The Morgan fingerprint density at radius 2 is 2.21 bits per heavy atom. The van der Waals surface area contributed by atoms with Gasteiger partial charge in [0.25, 0.3) is 0 Å². The summed E-state index contributed by atoms with van der Waals surface area (Å²) < 4.78 is 28.6. The summed E-state index contributed by atoms with van der Waals surface area (Å²) in [5.41, 5.74) is 3.07. The first-order valence-corrected chi connectivity index (χ1v) is 6.50. The molecule has 102 valence electrons. The maximum Gasteiger partial charge on any atom is 0.173 e. The lowest BCUT2D eigenvalue weighted by atomic mass is 10.1. The number of aromatic nitrogens is 2. The number of benzene rings is 1. The summed E-state index contributed by atoms with van der Waals surface area (Å²) in [6, 6.07) is 2.01. The van der Waals surface area contributed by atoms with Gasteiger partial charge in [0, 0.05) is 18.9 Å². The average Bonchev–Trinajstić information content (AvgIpc) is 2.88. The first kappa shape index (κ1) is 14.1. The molecule has 19 heavy (non-hydrogen) atoms. The van der Waals surface area contributed by atoms with E-state index in [0.29, 0.717) is 17.9 Å². The summed E-state index contributed by atoms with van der Waals surface area (Å²) in [7, 11) is 0. The molecule has 0 radical (unpaired) electrons. The van der Waals surface area contributed by atoms with Gasteiger partial charge in [0.1, 0.15) is 11.9 Å². The van der Waals surface area contributed by atoms with Crippen LogP contribution in [0.1, 0.15) is 24.4 Å². The third-order valence-corrected chi connectivity index (χ3v) is 3.70. The summed E-state index contributed by atoms with van der Waals surface area (Å²) >= 11 is 3.06. The van der Waals surface area contributed by atoms with E-state index in [2.05, 4.69) is 26.3 Å². The quantitative estimate of drug-likeness (QED) is 0.514. The maximum atomic E-state index is 13.6.